The number of para-hydroxylation sites is 1. The third-order valence-corrected chi connectivity index (χ3v) is 8.04. The van der Waals surface area contributed by atoms with Crippen LogP contribution < -0.4 is 20.1 Å². The fourth-order valence-electron chi connectivity index (χ4n) is 5.04. The molecule has 13 heteroatoms. The first-order chi connectivity index (χ1) is 17.2. The van der Waals surface area contributed by atoms with Crippen LogP contribution in [-0.4, -0.2) is 61.2 Å². The number of anilines is 1. The van der Waals surface area contributed by atoms with Crippen molar-refractivity contribution in [3.05, 3.63) is 42.0 Å². The van der Waals surface area contributed by atoms with Crippen molar-refractivity contribution < 1.29 is 34.0 Å². The minimum Gasteiger partial charge on any atom is -0.405 e. The van der Waals surface area contributed by atoms with Gasteiger partial charge in [-0.3, -0.25) is 4.79 Å². The topological polar surface area (TPSA) is 118 Å². The van der Waals surface area contributed by atoms with Gasteiger partial charge in [-0.25, -0.2) is 9.71 Å². The Morgan fingerprint density at radius 2 is 1.92 bits per heavy atom. The van der Waals surface area contributed by atoms with Crippen LogP contribution in [0.2, 0.25) is 0 Å². The summed E-state index contributed by atoms with van der Waals surface area (Å²) < 4.78 is 72.1. The molecule has 1 amide bonds. The number of nitrogens with one attached hydrogen (secondary N) is 1. The van der Waals surface area contributed by atoms with Crippen molar-refractivity contribution in [2.24, 2.45) is 11.7 Å². The van der Waals surface area contributed by atoms with Gasteiger partial charge in [-0.2, -0.15) is 12.7 Å². The first kappa shape index (κ1) is 27.1. The molecule has 4 rings (SSSR count). The highest BCUT2D eigenvalue weighted by atomic mass is 32.2. The molecular weight excluding hydrogens is 511 g/mol. The molecule has 2 aromatic rings. The number of benzene rings is 1. The molecule has 3 heterocycles. The summed E-state index contributed by atoms with van der Waals surface area (Å²) in [4.78, 5) is 19.8. The molecule has 0 bridgehead atoms. The Bertz CT molecular complexity index is 1300. The van der Waals surface area contributed by atoms with Crippen LogP contribution in [0.1, 0.15) is 46.8 Å². The van der Waals surface area contributed by atoms with Crippen molar-refractivity contribution in [3.63, 3.8) is 0 Å². The quantitative estimate of drug-likeness (QED) is 0.567. The lowest BCUT2D eigenvalue weighted by molar-refractivity contribution is -0.274. The number of halogens is 3. The Balaban J connectivity index is 0.00000267. The summed E-state index contributed by atoms with van der Waals surface area (Å²) in [6.07, 6.45) is -3.65. The lowest BCUT2D eigenvalue weighted by Crippen LogP contribution is -2.44. The number of hydrogen-bond acceptors (Lipinski definition) is 7. The SMILES string of the molecule is C[C@@H]1CN(c2nc(-c3ccccc3OC(F)(F)F)ccc2C(=O)NS(=O)(=O)N2CC[C@H](N)C2)C(C)(C)C1.[HH].[HH]. The lowest BCUT2D eigenvalue weighted by atomic mass is 9.97. The molecule has 206 valence electrons. The van der Waals surface area contributed by atoms with Gasteiger partial charge < -0.3 is 15.4 Å². The number of carbonyl (C=O) groups is 1. The van der Waals surface area contributed by atoms with E-state index in [0.717, 1.165) is 10.7 Å². The molecule has 2 atom stereocenters. The largest absolute Gasteiger partial charge is 0.573 e. The van der Waals surface area contributed by atoms with Crippen LogP contribution in [0, 0.1) is 5.92 Å². The lowest BCUT2D eigenvalue weighted by Gasteiger charge is -2.34. The average Bonchev–Trinajstić information content (AvgIpc) is 3.34. The molecule has 3 N–H and O–H groups in total. The molecule has 2 saturated heterocycles. The highest BCUT2D eigenvalue weighted by Gasteiger charge is 2.40. The van der Waals surface area contributed by atoms with Crippen LogP contribution in [0.25, 0.3) is 11.3 Å². The second-order valence-corrected chi connectivity index (χ2v) is 11.9. The molecular formula is C24H34F3N5O4S. The Morgan fingerprint density at radius 1 is 1.22 bits per heavy atom. The maximum absolute atomic E-state index is 13.3. The highest BCUT2D eigenvalue weighted by molar-refractivity contribution is 7.87. The van der Waals surface area contributed by atoms with E-state index in [0.29, 0.717) is 13.0 Å². The van der Waals surface area contributed by atoms with E-state index in [9.17, 15) is 26.4 Å². The molecule has 1 aromatic heterocycles. The number of amides is 1. The number of rotatable bonds is 6. The van der Waals surface area contributed by atoms with Gasteiger partial charge >= 0.3 is 16.6 Å². The fraction of sp³-hybridized carbons (Fsp3) is 0.500. The monoisotopic (exact) mass is 545 g/mol. The second-order valence-electron chi connectivity index (χ2n) is 10.2. The standard InChI is InChI=1S/C24H30F3N5O4S.2H2/c1-15-12-23(2,3)32(13-15)21-18(22(33)30-37(34,35)31-11-10-16(28)14-31)8-9-19(29-21)17-6-4-5-7-20(17)36-24(25,26)27;;/h4-9,15-16H,10-14,28H2,1-3H3,(H,30,33);2*1H/t15-,16-;;/m0../s1. The third kappa shape index (κ3) is 5.99. The van der Waals surface area contributed by atoms with Crippen molar-refractivity contribution >= 4 is 21.9 Å². The van der Waals surface area contributed by atoms with Crippen LogP contribution in [0.4, 0.5) is 19.0 Å². The van der Waals surface area contributed by atoms with Gasteiger partial charge in [0.1, 0.15) is 11.6 Å². The van der Waals surface area contributed by atoms with E-state index < -0.39 is 33.8 Å². The van der Waals surface area contributed by atoms with Gasteiger partial charge in [-0.1, -0.05) is 19.1 Å². The predicted molar refractivity (Wildman–Crippen MR) is 136 cm³/mol. The normalized spacial score (nSPS) is 22.3. The Hall–Kier alpha value is -2.90. The number of carbonyl (C=O) groups excluding carboxylic acids is 1. The minimum atomic E-state index is -4.91. The number of aromatic nitrogens is 1. The summed E-state index contributed by atoms with van der Waals surface area (Å²) in [5.74, 6) is -0.899. The molecule has 0 aliphatic carbocycles. The molecule has 2 aliphatic heterocycles. The van der Waals surface area contributed by atoms with Crippen LogP contribution in [-0.2, 0) is 10.2 Å². The number of hydrogen-bond donors (Lipinski definition) is 2. The molecule has 1 aromatic carbocycles. The zero-order valence-electron chi connectivity index (χ0n) is 20.7. The summed E-state index contributed by atoms with van der Waals surface area (Å²) in [5.41, 5.74) is 5.60. The van der Waals surface area contributed by atoms with Crippen LogP contribution in [0.5, 0.6) is 5.75 Å². The first-order valence-electron chi connectivity index (χ1n) is 11.9. The molecule has 2 aliphatic rings. The van der Waals surface area contributed by atoms with Gasteiger partial charge in [0.2, 0.25) is 0 Å². The van der Waals surface area contributed by atoms with Gasteiger partial charge in [0.25, 0.3) is 5.91 Å². The second kappa shape index (κ2) is 9.76. The summed E-state index contributed by atoms with van der Waals surface area (Å²) in [5, 5.41) is 0. The number of pyridine rings is 1. The Morgan fingerprint density at radius 3 is 2.51 bits per heavy atom. The van der Waals surface area contributed by atoms with Gasteiger partial charge in [0, 0.05) is 39.6 Å². The van der Waals surface area contributed by atoms with Crippen molar-refractivity contribution in [2.75, 3.05) is 24.5 Å². The zero-order chi connectivity index (χ0) is 27.2. The van der Waals surface area contributed by atoms with Crippen LogP contribution in [0.15, 0.2) is 36.4 Å². The van der Waals surface area contributed by atoms with E-state index in [1.807, 2.05) is 25.7 Å². The van der Waals surface area contributed by atoms with E-state index in [-0.39, 0.29) is 50.5 Å². The molecule has 0 unspecified atom stereocenters. The van der Waals surface area contributed by atoms with E-state index >= 15 is 0 Å². The van der Waals surface area contributed by atoms with Crippen LogP contribution >= 0.6 is 0 Å². The number of alkyl halides is 3. The van der Waals surface area contributed by atoms with Crippen LogP contribution in [0.3, 0.4) is 0 Å². The zero-order valence-corrected chi connectivity index (χ0v) is 21.6. The molecule has 0 spiro atoms. The van der Waals surface area contributed by atoms with E-state index in [2.05, 4.69) is 14.4 Å². The van der Waals surface area contributed by atoms with Gasteiger partial charge in [0.05, 0.1) is 11.3 Å². The van der Waals surface area contributed by atoms with Gasteiger partial charge in [-0.05, 0) is 56.9 Å². The van der Waals surface area contributed by atoms with Crippen molar-refractivity contribution in [3.8, 4) is 17.0 Å². The predicted octanol–water partition coefficient (Wildman–Crippen LogP) is 3.77. The Kier molecular flexibility index (Phi) is 7.16. The maximum atomic E-state index is 13.3. The maximum Gasteiger partial charge on any atom is 0.573 e. The van der Waals surface area contributed by atoms with E-state index in [1.54, 1.807) is 6.07 Å². The van der Waals surface area contributed by atoms with Gasteiger partial charge in [0.15, 0.2) is 0 Å². The number of ether oxygens (including phenoxy) is 1. The molecule has 2 fully saturated rings. The smallest absolute Gasteiger partial charge is 0.405 e. The molecule has 0 radical (unpaired) electrons. The van der Waals surface area contributed by atoms with Gasteiger partial charge in [-0.15, -0.1) is 13.2 Å². The summed E-state index contributed by atoms with van der Waals surface area (Å²) in [6, 6.07) is 8.02. The minimum absolute atomic E-state index is 0. The third-order valence-electron chi connectivity index (χ3n) is 6.59. The summed E-state index contributed by atoms with van der Waals surface area (Å²) in [7, 11) is -4.15. The average molecular weight is 546 g/mol. The summed E-state index contributed by atoms with van der Waals surface area (Å²) in [6.45, 7) is 6.79. The van der Waals surface area contributed by atoms with Crippen molar-refractivity contribution in [1.29, 1.82) is 0 Å². The number of nitrogens with zero attached hydrogens (tertiary/aromatic N) is 3. The van der Waals surface area contributed by atoms with Crippen molar-refractivity contribution in [1.82, 2.24) is 14.0 Å². The van der Waals surface area contributed by atoms with Crippen molar-refractivity contribution in [2.45, 2.75) is 51.6 Å². The molecule has 37 heavy (non-hydrogen) atoms. The highest BCUT2D eigenvalue weighted by Crippen LogP contribution is 2.40. The number of nitrogens with two attached hydrogens (primary N) is 1. The Labute approximate surface area is 216 Å². The molecule has 9 nitrogen and oxygen atoms in total. The van der Waals surface area contributed by atoms with E-state index in [1.165, 1.54) is 30.3 Å². The fourth-order valence-corrected chi connectivity index (χ4v) is 6.25. The van der Waals surface area contributed by atoms with E-state index in [4.69, 9.17) is 5.73 Å². The first-order valence-corrected chi connectivity index (χ1v) is 13.3. The molecule has 0 saturated carbocycles. The summed E-state index contributed by atoms with van der Waals surface area (Å²) >= 11 is 0.